The number of carbonyl (C=O) groups is 4. The SMILES string of the molecule is COC(=O)C(C)(C)NC(=O)C(NC(=O)CNC(=O)OC(C)(C)C)(c1ccccc1)c1cccnc1. The van der Waals surface area contributed by atoms with Gasteiger partial charge in [0.1, 0.15) is 17.7 Å². The highest BCUT2D eigenvalue weighted by Crippen LogP contribution is 2.31. The zero-order chi connectivity index (χ0) is 26.3. The molecule has 2 aromatic rings. The van der Waals surface area contributed by atoms with Crippen molar-refractivity contribution < 1.29 is 28.7 Å². The lowest BCUT2D eigenvalue weighted by atomic mass is 9.81. The second-order valence-electron chi connectivity index (χ2n) is 9.33. The largest absolute Gasteiger partial charge is 0.467 e. The minimum Gasteiger partial charge on any atom is -0.467 e. The fourth-order valence-corrected chi connectivity index (χ4v) is 3.31. The number of carbonyl (C=O) groups excluding carboxylic acids is 4. The third kappa shape index (κ3) is 7.02. The number of alkyl carbamates (subject to hydrolysis) is 1. The van der Waals surface area contributed by atoms with Crippen molar-refractivity contribution in [2.45, 2.75) is 51.3 Å². The van der Waals surface area contributed by atoms with Crippen molar-refractivity contribution in [2.24, 2.45) is 0 Å². The van der Waals surface area contributed by atoms with E-state index in [0.29, 0.717) is 11.1 Å². The molecule has 0 fully saturated rings. The van der Waals surface area contributed by atoms with Gasteiger partial charge in [0.2, 0.25) is 5.91 Å². The summed E-state index contributed by atoms with van der Waals surface area (Å²) in [6.07, 6.45) is 2.19. The van der Waals surface area contributed by atoms with Gasteiger partial charge in [-0.05, 0) is 46.2 Å². The minimum absolute atomic E-state index is 0.343. The van der Waals surface area contributed by atoms with Crippen LogP contribution in [0.15, 0.2) is 54.9 Å². The first-order valence-electron chi connectivity index (χ1n) is 11.0. The lowest BCUT2D eigenvalue weighted by Gasteiger charge is -2.37. The molecule has 0 aliphatic heterocycles. The molecule has 0 saturated heterocycles. The van der Waals surface area contributed by atoms with Gasteiger partial charge in [-0.15, -0.1) is 0 Å². The lowest BCUT2D eigenvalue weighted by Crippen LogP contribution is -2.63. The Hall–Kier alpha value is -3.95. The molecule has 0 aliphatic carbocycles. The second-order valence-corrected chi connectivity index (χ2v) is 9.33. The molecular weight excluding hydrogens is 452 g/mol. The van der Waals surface area contributed by atoms with Crippen molar-refractivity contribution >= 4 is 23.9 Å². The summed E-state index contributed by atoms with van der Waals surface area (Å²) in [5.41, 5.74) is -3.18. The second kappa shape index (κ2) is 11.0. The summed E-state index contributed by atoms with van der Waals surface area (Å²) in [7, 11) is 1.21. The summed E-state index contributed by atoms with van der Waals surface area (Å²) in [5.74, 6) is -2.04. The lowest BCUT2D eigenvalue weighted by molar-refractivity contribution is -0.150. The Morgan fingerprint density at radius 3 is 2.06 bits per heavy atom. The van der Waals surface area contributed by atoms with Crippen LogP contribution in [0.2, 0.25) is 0 Å². The highest BCUT2D eigenvalue weighted by Gasteiger charge is 2.47. The molecule has 0 spiro atoms. The number of aromatic nitrogens is 1. The molecule has 0 saturated carbocycles. The quantitative estimate of drug-likeness (QED) is 0.488. The molecule has 0 radical (unpaired) electrons. The first-order chi connectivity index (χ1) is 16.3. The number of nitrogens with one attached hydrogen (secondary N) is 3. The van der Waals surface area contributed by atoms with Crippen LogP contribution in [0.3, 0.4) is 0 Å². The van der Waals surface area contributed by atoms with E-state index >= 15 is 0 Å². The number of pyridine rings is 1. The number of nitrogens with zero attached hydrogens (tertiary/aromatic N) is 1. The Bertz CT molecular complexity index is 1010. The van der Waals surface area contributed by atoms with Gasteiger partial charge in [0.05, 0.1) is 7.11 Å². The van der Waals surface area contributed by atoms with Crippen molar-refractivity contribution in [3.05, 3.63) is 66.0 Å². The number of hydrogen-bond acceptors (Lipinski definition) is 7. The van der Waals surface area contributed by atoms with Crippen LogP contribution in [0.1, 0.15) is 45.7 Å². The summed E-state index contributed by atoms with van der Waals surface area (Å²) >= 11 is 0. The molecule has 2 rings (SSSR count). The predicted octanol–water partition coefficient (Wildman–Crippen LogP) is 2.03. The van der Waals surface area contributed by atoms with E-state index in [9.17, 15) is 19.2 Å². The van der Waals surface area contributed by atoms with Crippen molar-refractivity contribution in [2.75, 3.05) is 13.7 Å². The zero-order valence-corrected chi connectivity index (χ0v) is 20.8. The van der Waals surface area contributed by atoms with Gasteiger partial charge >= 0.3 is 12.1 Å². The number of amides is 3. The summed E-state index contributed by atoms with van der Waals surface area (Å²) in [5, 5.41) is 7.81. The maximum atomic E-state index is 13.9. The average Bonchev–Trinajstić information content (AvgIpc) is 2.80. The van der Waals surface area contributed by atoms with E-state index < -0.39 is 47.1 Å². The van der Waals surface area contributed by atoms with E-state index in [1.165, 1.54) is 33.4 Å². The van der Waals surface area contributed by atoms with Gasteiger partial charge in [-0.25, -0.2) is 9.59 Å². The summed E-state index contributed by atoms with van der Waals surface area (Å²) in [4.78, 5) is 55.4. The molecule has 10 heteroatoms. The number of esters is 1. The molecule has 188 valence electrons. The Labute approximate surface area is 204 Å². The van der Waals surface area contributed by atoms with Gasteiger partial charge in [-0.3, -0.25) is 14.6 Å². The Morgan fingerprint density at radius 2 is 1.51 bits per heavy atom. The zero-order valence-electron chi connectivity index (χ0n) is 20.8. The van der Waals surface area contributed by atoms with Gasteiger partial charge in [0.25, 0.3) is 5.91 Å². The van der Waals surface area contributed by atoms with E-state index in [-0.39, 0.29) is 0 Å². The van der Waals surface area contributed by atoms with E-state index in [1.54, 1.807) is 63.2 Å². The molecule has 10 nitrogen and oxygen atoms in total. The van der Waals surface area contributed by atoms with E-state index in [2.05, 4.69) is 20.9 Å². The van der Waals surface area contributed by atoms with Gasteiger partial charge in [-0.2, -0.15) is 0 Å². The molecule has 35 heavy (non-hydrogen) atoms. The third-order valence-electron chi connectivity index (χ3n) is 4.88. The minimum atomic E-state index is -1.78. The highest BCUT2D eigenvalue weighted by atomic mass is 16.6. The molecule has 1 aromatic heterocycles. The summed E-state index contributed by atoms with van der Waals surface area (Å²) < 4.78 is 9.98. The maximum absolute atomic E-state index is 13.9. The van der Waals surface area contributed by atoms with Gasteiger partial charge in [0, 0.05) is 18.0 Å². The van der Waals surface area contributed by atoms with E-state index in [0.717, 1.165) is 0 Å². The Balaban J connectivity index is 2.50. The Kier molecular flexibility index (Phi) is 8.57. The van der Waals surface area contributed by atoms with Crippen LogP contribution in [0.25, 0.3) is 0 Å². The van der Waals surface area contributed by atoms with Crippen molar-refractivity contribution in [3.63, 3.8) is 0 Å². The van der Waals surface area contributed by atoms with Crippen LogP contribution in [-0.2, 0) is 29.4 Å². The number of ether oxygens (including phenoxy) is 2. The van der Waals surface area contributed by atoms with E-state index in [1.807, 2.05) is 0 Å². The highest BCUT2D eigenvalue weighted by molar-refractivity contribution is 5.99. The molecule has 0 aliphatic rings. The third-order valence-corrected chi connectivity index (χ3v) is 4.88. The van der Waals surface area contributed by atoms with E-state index in [4.69, 9.17) is 9.47 Å². The van der Waals surface area contributed by atoms with Crippen LogP contribution in [-0.4, -0.2) is 53.7 Å². The molecule has 3 N–H and O–H groups in total. The molecule has 1 atom stereocenters. The molecule has 0 bridgehead atoms. The van der Waals surface area contributed by atoms with Crippen molar-refractivity contribution in [1.82, 2.24) is 20.9 Å². The van der Waals surface area contributed by atoms with Gasteiger partial charge in [0.15, 0.2) is 5.54 Å². The molecule has 1 unspecified atom stereocenters. The Morgan fingerprint density at radius 1 is 0.886 bits per heavy atom. The molecular formula is C25H32N4O6. The first-order valence-corrected chi connectivity index (χ1v) is 11.0. The van der Waals surface area contributed by atoms with Gasteiger partial charge in [-0.1, -0.05) is 36.4 Å². The van der Waals surface area contributed by atoms with Crippen molar-refractivity contribution in [3.8, 4) is 0 Å². The van der Waals surface area contributed by atoms with Crippen LogP contribution < -0.4 is 16.0 Å². The number of rotatable bonds is 8. The monoisotopic (exact) mass is 484 g/mol. The molecule has 1 heterocycles. The van der Waals surface area contributed by atoms with Crippen LogP contribution in [0.4, 0.5) is 4.79 Å². The summed E-state index contributed by atoms with van der Waals surface area (Å²) in [6.45, 7) is 7.61. The fourth-order valence-electron chi connectivity index (χ4n) is 3.31. The maximum Gasteiger partial charge on any atom is 0.408 e. The smallest absolute Gasteiger partial charge is 0.408 e. The summed E-state index contributed by atoms with van der Waals surface area (Å²) in [6, 6.07) is 11.8. The van der Waals surface area contributed by atoms with Crippen LogP contribution >= 0.6 is 0 Å². The predicted molar refractivity (Wildman–Crippen MR) is 128 cm³/mol. The first kappa shape index (κ1) is 27.3. The topological polar surface area (TPSA) is 136 Å². The number of methoxy groups -OCH3 is 1. The van der Waals surface area contributed by atoms with Crippen molar-refractivity contribution in [1.29, 1.82) is 0 Å². The van der Waals surface area contributed by atoms with Crippen LogP contribution in [0.5, 0.6) is 0 Å². The standard InChI is InChI=1S/C25H32N4O6/c1-23(2,3)35-22(33)27-16-19(30)28-25(17-11-8-7-9-12-17,18-13-10-14-26-15-18)20(31)29-24(4,5)21(32)34-6/h7-15H,16H2,1-6H3,(H,27,33)(H,28,30)(H,29,31). The average molecular weight is 485 g/mol. The number of hydrogen-bond donors (Lipinski definition) is 3. The molecule has 3 amide bonds. The molecule has 1 aromatic carbocycles. The normalized spacial score (nSPS) is 13.1. The fraction of sp³-hybridized carbons (Fsp3) is 0.400. The van der Waals surface area contributed by atoms with Crippen LogP contribution in [0, 0.1) is 0 Å². The number of benzene rings is 1. The van der Waals surface area contributed by atoms with Gasteiger partial charge < -0.3 is 25.4 Å².